The Balaban J connectivity index is 1.88. The molecule has 4 nitrogen and oxygen atoms in total. The van der Waals surface area contributed by atoms with Crippen molar-refractivity contribution in [2.24, 2.45) is 0 Å². The number of benzene rings is 1. The van der Waals surface area contributed by atoms with Gasteiger partial charge in [-0.15, -0.1) is 11.3 Å². The molecule has 0 atom stereocenters. The Kier molecular flexibility index (Phi) is 7.59. The summed E-state index contributed by atoms with van der Waals surface area (Å²) in [6.45, 7) is 2.04. The predicted molar refractivity (Wildman–Crippen MR) is 120 cm³/mol. The zero-order valence-corrected chi connectivity index (χ0v) is 19.1. The van der Waals surface area contributed by atoms with E-state index in [0.29, 0.717) is 10.6 Å². The van der Waals surface area contributed by atoms with Gasteiger partial charge in [-0.1, -0.05) is 12.8 Å². The molecule has 2 aromatic rings. The highest BCUT2D eigenvalue weighted by molar-refractivity contribution is 9.10. The first-order valence-corrected chi connectivity index (χ1v) is 11.5. The van der Waals surface area contributed by atoms with Crippen LogP contribution in [0.3, 0.4) is 0 Å². The van der Waals surface area contributed by atoms with Gasteiger partial charge in [-0.05, 0) is 72.4 Å². The van der Waals surface area contributed by atoms with Gasteiger partial charge in [0, 0.05) is 15.4 Å². The first-order valence-electron chi connectivity index (χ1n) is 9.45. The summed E-state index contributed by atoms with van der Waals surface area (Å²) in [5.74, 6) is -1.85. The topological polar surface area (TPSA) is 50.4 Å². The van der Waals surface area contributed by atoms with E-state index in [-0.39, 0.29) is 27.8 Å². The number of anilines is 2. The maximum absolute atomic E-state index is 14.1. The lowest BCUT2D eigenvalue weighted by Gasteiger charge is -2.14. The van der Waals surface area contributed by atoms with Gasteiger partial charge in [0.25, 0.3) is 0 Å². The monoisotopic (exact) mass is 502 g/mol. The summed E-state index contributed by atoms with van der Waals surface area (Å²) in [6, 6.07) is 1.92. The molecule has 3 rings (SSSR count). The highest BCUT2D eigenvalue weighted by Crippen LogP contribution is 2.38. The van der Waals surface area contributed by atoms with Crippen LogP contribution in [-0.2, 0) is 17.6 Å². The second-order valence-electron chi connectivity index (χ2n) is 6.67. The van der Waals surface area contributed by atoms with Gasteiger partial charge in [0.1, 0.15) is 10.8 Å². The number of rotatable bonds is 4. The van der Waals surface area contributed by atoms with Gasteiger partial charge >= 0.3 is 5.97 Å². The fourth-order valence-corrected chi connectivity index (χ4v) is 5.39. The van der Waals surface area contributed by atoms with Crippen molar-refractivity contribution in [3.63, 3.8) is 0 Å². The van der Waals surface area contributed by atoms with Gasteiger partial charge in [0.15, 0.2) is 10.9 Å². The van der Waals surface area contributed by atoms with Gasteiger partial charge in [0.2, 0.25) is 0 Å². The number of carbonyl (C=O) groups excluding carboxylic acids is 1. The van der Waals surface area contributed by atoms with Crippen molar-refractivity contribution in [1.29, 1.82) is 0 Å². The van der Waals surface area contributed by atoms with E-state index in [4.69, 9.17) is 17.0 Å². The van der Waals surface area contributed by atoms with Gasteiger partial charge in [-0.3, -0.25) is 0 Å². The van der Waals surface area contributed by atoms with Crippen molar-refractivity contribution in [3.8, 4) is 0 Å². The molecule has 0 fully saturated rings. The molecule has 0 amide bonds. The quantitative estimate of drug-likeness (QED) is 0.372. The van der Waals surface area contributed by atoms with Gasteiger partial charge in [-0.25, -0.2) is 13.6 Å². The van der Waals surface area contributed by atoms with Crippen molar-refractivity contribution >= 4 is 61.3 Å². The average molecular weight is 503 g/mol. The summed E-state index contributed by atoms with van der Waals surface area (Å²) >= 11 is 9.94. The van der Waals surface area contributed by atoms with E-state index in [9.17, 15) is 13.6 Å². The molecule has 156 valence electrons. The minimum Gasteiger partial charge on any atom is -0.462 e. The number of hydrogen-bond donors (Lipinski definition) is 2. The number of esters is 1. The molecule has 0 saturated heterocycles. The van der Waals surface area contributed by atoms with Crippen molar-refractivity contribution in [1.82, 2.24) is 0 Å². The average Bonchev–Trinajstić information content (AvgIpc) is 2.94. The summed E-state index contributed by atoms with van der Waals surface area (Å²) in [7, 11) is 0. The minimum atomic E-state index is -0.773. The van der Waals surface area contributed by atoms with Crippen LogP contribution in [0.4, 0.5) is 19.5 Å². The Labute approximate surface area is 186 Å². The number of ether oxygens (including phenoxy) is 1. The van der Waals surface area contributed by atoms with E-state index < -0.39 is 11.6 Å². The number of nitrogens with one attached hydrogen (secondary N) is 2. The van der Waals surface area contributed by atoms with Crippen LogP contribution >= 0.6 is 39.5 Å². The van der Waals surface area contributed by atoms with E-state index >= 15 is 0 Å². The summed E-state index contributed by atoms with van der Waals surface area (Å²) in [5.41, 5.74) is 1.56. The Morgan fingerprint density at radius 1 is 1.21 bits per heavy atom. The summed E-state index contributed by atoms with van der Waals surface area (Å²) in [5, 5.41) is 6.46. The molecular weight excluding hydrogens is 482 g/mol. The van der Waals surface area contributed by atoms with E-state index in [0.717, 1.165) is 54.7 Å². The molecule has 0 unspecified atom stereocenters. The molecule has 29 heavy (non-hydrogen) atoms. The Morgan fingerprint density at radius 2 is 1.93 bits per heavy atom. The maximum Gasteiger partial charge on any atom is 0.341 e. The fourth-order valence-electron chi connectivity index (χ4n) is 3.34. The third kappa shape index (κ3) is 5.32. The Morgan fingerprint density at radius 3 is 2.62 bits per heavy atom. The third-order valence-electron chi connectivity index (χ3n) is 4.62. The standard InChI is InChI=1S/C20H21BrF2N2O2S2/c1-2-27-19(26)16-12-7-5-3-4-6-8-15(12)29-18(16)25-20(28)24-17-13(21)9-11(22)10-14(17)23/h9-10H,2-8H2,1H3,(H2,24,25,28). The zero-order chi connectivity index (χ0) is 21.0. The highest BCUT2D eigenvalue weighted by atomic mass is 79.9. The molecule has 0 radical (unpaired) electrons. The van der Waals surface area contributed by atoms with Crippen LogP contribution in [0.25, 0.3) is 0 Å². The maximum atomic E-state index is 14.1. The van der Waals surface area contributed by atoms with Crippen molar-refractivity contribution in [2.45, 2.75) is 45.4 Å². The minimum absolute atomic E-state index is 0.0245. The Hall–Kier alpha value is -1.58. The van der Waals surface area contributed by atoms with Crippen LogP contribution < -0.4 is 10.6 Å². The molecule has 1 aromatic carbocycles. The summed E-state index contributed by atoms with van der Waals surface area (Å²) in [4.78, 5) is 13.8. The number of hydrogen-bond acceptors (Lipinski definition) is 4. The van der Waals surface area contributed by atoms with Crippen LogP contribution in [0, 0.1) is 11.6 Å². The van der Waals surface area contributed by atoms with E-state index in [1.54, 1.807) is 6.92 Å². The number of carbonyl (C=O) groups is 1. The molecular formula is C20H21BrF2N2O2S2. The SMILES string of the molecule is CCOC(=O)c1c(NC(=S)Nc2c(F)cc(F)cc2Br)sc2c1CCCCCC2. The number of halogens is 3. The van der Waals surface area contributed by atoms with Crippen LogP contribution in [0.15, 0.2) is 16.6 Å². The second kappa shape index (κ2) is 9.95. The fraction of sp³-hybridized carbons (Fsp3) is 0.400. The molecule has 1 aromatic heterocycles. The zero-order valence-electron chi connectivity index (χ0n) is 15.9. The molecule has 0 spiro atoms. The van der Waals surface area contributed by atoms with Gasteiger partial charge < -0.3 is 15.4 Å². The van der Waals surface area contributed by atoms with E-state index in [2.05, 4.69) is 26.6 Å². The van der Waals surface area contributed by atoms with Crippen LogP contribution in [0.2, 0.25) is 0 Å². The summed E-state index contributed by atoms with van der Waals surface area (Å²) < 4.78 is 32.9. The third-order valence-corrected chi connectivity index (χ3v) is 6.66. The van der Waals surface area contributed by atoms with Gasteiger partial charge in [-0.2, -0.15) is 0 Å². The lowest BCUT2D eigenvalue weighted by molar-refractivity contribution is 0.0526. The lowest BCUT2D eigenvalue weighted by atomic mass is 9.96. The van der Waals surface area contributed by atoms with Crippen molar-refractivity contribution in [2.75, 3.05) is 17.2 Å². The highest BCUT2D eigenvalue weighted by Gasteiger charge is 2.26. The molecule has 1 aliphatic carbocycles. The van der Waals surface area contributed by atoms with Crippen LogP contribution in [-0.4, -0.2) is 17.7 Å². The lowest BCUT2D eigenvalue weighted by Crippen LogP contribution is -2.21. The Bertz CT molecular complexity index is 910. The number of fused-ring (bicyclic) bond motifs is 1. The summed E-state index contributed by atoms with van der Waals surface area (Å²) in [6.07, 6.45) is 6.13. The molecule has 0 saturated carbocycles. The van der Waals surface area contributed by atoms with E-state index in [1.807, 2.05) is 0 Å². The van der Waals surface area contributed by atoms with E-state index in [1.165, 1.54) is 17.8 Å². The van der Waals surface area contributed by atoms with Crippen molar-refractivity contribution in [3.05, 3.63) is 44.2 Å². The molecule has 2 N–H and O–H groups in total. The molecule has 0 aliphatic heterocycles. The van der Waals surface area contributed by atoms with Crippen molar-refractivity contribution < 1.29 is 18.3 Å². The number of thiocarbonyl (C=S) groups is 1. The first kappa shape index (κ1) is 22.1. The predicted octanol–water partition coefficient (Wildman–Crippen LogP) is 6.43. The second-order valence-corrected chi connectivity index (χ2v) is 9.03. The first-order chi connectivity index (χ1) is 13.9. The van der Waals surface area contributed by atoms with Crippen LogP contribution in [0.1, 0.15) is 53.4 Å². The molecule has 1 heterocycles. The largest absolute Gasteiger partial charge is 0.462 e. The smallest absolute Gasteiger partial charge is 0.341 e. The number of thiophene rings is 1. The van der Waals surface area contributed by atoms with Gasteiger partial charge in [0.05, 0.1) is 17.9 Å². The number of aryl methyl sites for hydroxylation is 1. The normalized spacial score (nSPS) is 13.8. The molecule has 0 bridgehead atoms. The molecule has 1 aliphatic rings. The molecule has 9 heteroatoms. The van der Waals surface area contributed by atoms with Crippen LogP contribution in [0.5, 0.6) is 0 Å².